The van der Waals surface area contributed by atoms with Crippen LogP contribution < -0.4 is 0 Å². The van der Waals surface area contributed by atoms with E-state index >= 15 is 0 Å². The maximum absolute atomic E-state index is 12.5. The molecule has 1 aromatic rings. The fourth-order valence-corrected chi connectivity index (χ4v) is 4.79. The molecule has 10 heteroatoms. The highest BCUT2D eigenvalue weighted by Gasteiger charge is 2.40. The standard InChI is InChI=1S/C15H27N5O4S/c1-18(2)25(21,22)20-9-12-4-5-13(10-20)19(8-12)11-15-16-14(17-24-15)6-7-23-3/h12-13H,4-11H2,1-3H3/t12-,13-/m1/s1. The van der Waals surface area contributed by atoms with Crippen molar-refractivity contribution in [3.63, 3.8) is 0 Å². The van der Waals surface area contributed by atoms with Crippen LogP contribution in [0, 0.1) is 5.92 Å². The van der Waals surface area contributed by atoms with Gasteiger partial charge in [0, 0.05) is 53.3 Å². The van der Waals surface area contributed by atoms with Crippen LogP contribution in [-0.2, 0) is 27.9 Å². The van der Waals surface area contributed by atoms with Crippen molar-refractivity contribution in [1.82, 2.24) is 23.7 Å². The van der Waals surface area contributed by atoms with Gasteiger partial charge >= 0.3 is 0 Å². The first-order chi connectivity index (χ1) is 11.9. The second kappa shape index (κ2) is 7.67. The Kier molecular flexibility index (Phi) is 5.74. The van der Waals surface area contributed by atoms with Crippen LogP contribution >= 0.6 is 0 Å². The largest absolute Gasteiger partial charge is 0.384 e. The Morgan fingerprint density at radius 1 is 1.28 bits per heavy atom. The van der Waals surface area contributed by atoms with Crippen LogP contribution in [0.15, 0.2) is 4.52 Å². The SMILES string of the molecule is COCCc1noc(CN2C[C@H]3CC[C@@H]2CN(S(=O)(=O)N(C)C)C3)n1. The Morgan fingerprint density at radius 2 is 2.08 bits per heavy atom. The van der Waals surface area contributed by atoms with E-state index in [1.165, 1.54) is 4.31 Å². The first kappa shape index (κ1) is 18.7. The molecule has 2 atom stereocenters. The average Bonchev–Trinajstić information content (AvgIpc) is 2.80. The van der Waals surface area contributed by atoms with Crippen LogP contribution in [0.3, 0.4) is 0 Å². The molecule has 0 spiro atoms. The Hall–Kier alpha value is -1.07. The third kappa shape index (κ3) is 4.20. The van der Waals surface area contributed by atoms with E-state index in [2.05, 4.69) is 15.0 Å². The lowest BCUT2D eigenvalue weighted by Crippen LogP contribution is -2.45. The first-order valence-corrected chi connectivity index (χ1v) is 10.0. The van der Waals surface area contributed by atoms with Crippen LogP contribution in [0.25, 0.3) is 0 Å². The van der Waals surface area contributed by atoms with Crippen molar-refractivity contribution >= 4 is 10.2 Å². The number of aromatic nitrogens is 2. The first-order valence-electron chi connectivity index (χ1n) is 8.62. The van der Waals surface area contributed by atoms with Gasteiger partial charge in [0.25, 0.3) is 10.2 Å². The van der Waals surface area contributed by atoms with E-state index in [4.69, 9.17) is 9.26 Å². The molecule has 4 rings (SSSR count). The molecule has 0 radical (unpaired) electrons. The van der Waals surface area contributed by atoms with Crippen LogP contribution in [0.1, 0.15) is 24.6 Å². The summed E-state index contributed by atoms with van der Waals surface area (Å²) in [6.45, 7) is 3.08. The molecule has 3 aliphatic heterocycles. The lowest BCUT2D eigenvalue weighted by Gasteiger charge is -2.35. The Bertz CT molecular complexity index is 677. The molecule has 25 heavy (non-hydrogen) atoms. The summed E-state index contributed by atoms with van der Waals surface area (Å²) in [5.41, 5.74) is 0. The van der Waals surface area contributed by atoms with Crippen molar-refractivity contribution in [2.24, 2.45) is 5.92 Å². The summed E-state index contributed by atoms with van der Waals surface area (Å²) in [5.74, 6) is 1.57. The highest BCUT2D eigenvalue weighted by Crippen LogP contribution is 2.30. The number of ether oxygens (including phenoxy) is 1. The molecule has 0 unspecified atom stereocenters. The molecule has 0 N–H and O–H groups in total. The molecule has 0 aliphatic carbocycles. The van der Waals surface area contributed by atoms with E-state index in [1.807, 2.05) is 0 Å². The summed E-state index contributed by atoms with van der Waals surface area (Å²) in [6, 6.07) is 0.183. The van der Waals surface area contributed by atoms with Crippen molar-refractivity contribution in [1.29, 1.82) is 0 Å². The van der Waals surface area contributed by atoms with Gasteiger partial charge in [0.15, 0.2) is 5.82 Å². The number of piperidine rings is 1. The zero-order chi connectivity index (χ0) is 18.0. The number of fused-ring (bicyclic) bond motifs is 4. The Labute approximate surface area is 149 Å². The fraction of sp³-hybridized carbons (Fsp3) is 0.867. The number of methoxy groups -OCH3 is 1. The molecule has 2 bridgehead atoms. The van der Waals surface area contributed by atoms with Crippen LogP contribution in [-0.4, -0.2) is 85.6 Å². The third-order valence-corrected chi connectivity index (χ3v) is 6.83. The van der Waals surface area contributed by atoms with Crippen LogP contribution in [0.2, 0.25) is 0 Å². The van der Waals surface area contributed by atoms with E-state index in [0.29, 0.717) is 50.3 Å². The summed E-state index contributed by atoms with van der Waals surface area (Å²) in [6.07, 6.45) is 2.68. The monoisotopic (exact) mass is 373 g/mol. The van der Waals surface area contributed by atoms with Gasteiger partial charge in [-0.25, -0.2) is 0 Å². The van der Waals surface area contributed by atoms with E-state index in [9.17, 15) is 8.42 Å². The minimum atomic E-state index is -3.38. The third-order valence-electron chi connectivity index (χ3n) is 4.96. The predicted molar refractivity (Wildman–Crippen MR) is 91.0 cm³/mol. The number of hydrogen-bond acceptors (Lipinski definition) is 7. The molecule has 0 amide bonds. The normalized spacial score (nSPS) is 25.6. The summed E-state index contributed by atoms with van der Waals surface area (Å²) in [5, 5.41) is 3.98. The highest BCUT2D eigenvalue weighted by atomic mass is 32.2. The van der Waals surface area contributed by atoms with Crippen LogP contribution in [0.5, 0.6) is 0 Å². The number of hydrogen-bond donors (Lipinski definition) is 0. The highest BCUT2D eigenvalue weighted by molar-refractivity contribution is 7.86. The van der Waals surface area contributed by atoms with Gasteiger partial charge in [-0.1, -0.05) is 5.16 Å². The lowest BCUT2D eigenvalue weighted by molar-refractivity contribution is 0.111. The maximum Gasteiger partial charge on any atom is 0.281 e. The summed E-state index contributed by atoms with van der Waals surface area (Å²) >= 11 is 0. The molecular weight excluding hydrogens is 346 g/mol. The predicted octanol–water partition coefficient (Wildman–Crippen LogP) is -0.0389. The molecule has 4 heterocycles. The van der Waals surface area contributed by atoms with Gasteiger partial charge in [-0.05, 0) is 18.8 Å². The molecular formula is C15H27N5O4S. The quantitative estimate of drug-likeness (QED) is 0.662. The smallest absolute Gasteiger partial charge is 0.281 e. The second-order valence-electron chi connectivity index (χ2n) is 6.98. The van der Waals surface area contributed by atoms with E-state index in [1.54, 1.807) is 25.5 Å². The zero-order valence-electron chi connectivity index (χ0n) is 15.1. The summed E-state index contributed by atoms with van der Waals surface area (Å²) in [7, 11) is 1.43. The van der Waals surface area contributed by atoms with E-state index in [0.717, 1.165) is 19.4 Å². The van der Waals surface area contributed by atoms with Gasteiger partial charge in [-0.2, -0.15) is 22.0 Å². The van der Waals surface area contributed by atoms with Gasteiger partial charge in [0.05, 0.1) is 13.2 Å². The van der Waals surface area contributed by atoms with Crippen molar-refractivity contribution in [3.05, 3.63) is 11.7 Å². The molecule has 1 aromatic heterocycles. The van der Waals surface area contributed by atoms with Crippen molar-refractivity contribution in [2.75, 3.05) is 47.4 Å². The van der Waals surface area contributed by atoms with Crippen LogP contribution in [0.4, 0.5) is 0 Å². The zero-order valence-corrected chi connectivity index (χ0v) is 15.9. The lowest BCUT2D eigenvalue weighted by atomic mass is 9.95. The molecule has 142 valence electrons. The van der Waals surface area contributed by atoms with Gasteiger partial charge in [-0.15, -0.1) is 0 Å². The number of rotatable bonds is 7. The molecule has 3 aliphatic rings. The van der Waals surface area contributed by atoms with Crippen molar-refractivity contribution in [2.45, 2.75) is 31.8 Å². The minimum Gasteiger partial charge on any atom is -0.384 e. The molecule has 3 fully saturated rings. The summed E-state index contributed by atoms with van der Waals surface area (Å²) < 4.78 is 38.3. The topological polar surface area (TPSA) is 92.0 Å². The molecule has 0 saturated carbocycles. The fourth-order valence-electron chi connectivity index (χ4n) is 3.57. The van der Waals surface area contributed by atoms with Gasteiger partial charge in [-0.3, -0.25) is 4.90 Å². The van der Waals surface area contributed by atoms with Gasteiger partial charge < -0.3 is 9.26 Å². The Balaban J connectivity index is 1.68. The molecule has 0 aromatic carbocycles. The van der Waals surface area contributed by atoms with Crippen molar-refractivity contribution in [3.8, 4) is 0 Å². The molecule has 3 saturated heterocycles. The van der Waals surface area contributed by atoms with Gasteiger partial charge in [0.2, 0.25) is 5.89 Å². The maximum atomic E-state index is 12.5. The van der Waals surface area contributed by atoms with Crippen molar-refractivity contribution < 1.29 is 17.7 Å². The summed E-state index contributed by atoms with van der Waals surface area (Å²) in [4.78, 5) is 6.70. The van der Waals surface area contributed by atoms with Gasteiger partial charge in [0.1, 0.15) is 0 Å². The van der Waals surface area contributed by atoms with E-state index in [-0.39, 0.29) is 6.04 Å². The average molecular weight is 373 g/mol. The minimum absolute atomic E-state index is 0.183. The van der Waals surface area contributed by atoms with E-state index < -0.39 is 10.2 Å². The Morgan fingerprint density at radius 3 is 2.80 bits per heavy atom. The molecule has 9 nitrogen and oxygen atoms in total. The number of nitrogens with zero attached hydrogens (tertiary/aromatic N) is 5. The second-order valence-corrected chi connectivity index (χ2v) is 9.12.